The predicted molar refractivity (Wildman–Crippen MR) is 76.7 cm³/mol. The van der Waals surface area contributed by atoms with Gasteiger partial charge in [0.1, 0.15) is 5.60 Å². The molecule has 0 spiro atoms. The highest BCUT2D eigenvalue weighted by Crippen LogP contribution is 2.18. The topological polar surface area (TPSA) is 26.3 Å². The predicted octanol–water partition coefficient (Wildman–Crippen LogP) is 2.04. The molecule has 0 unspecified atom stereocenters. The van der Waals surface area contributed by atoms with Crippen molar-refractivity contribution in [2.75, 3.05) is 0 Å². The Balaban J connectivity index is 0.000000184. The molecular weight excluding hydrogens is 248 g/mol. The van der Waals surface area contributed by atoms with Gasteiger partial charge in [-0.2, -0.15) is 0 Å². The first-order chi connectivity index (χ1) is 8.01. The summed E-state index contributed by atoms with van der Waals surface area (Å²) in [6.07, 6.45) is 6.61. The highest BCUT2D eigenvalue weighted by Gasteiger charge is 2.11. The monoisotopic (exact) mass is 264 g/mol. The first kappa shape index (κ1) is 14.5. The van der Waals surface area contributed by atoms with Crippen molar-refractivity contribution in [2.24, 2.45) is 0 Å². The summed E-state index contributed by atoms with van der Waals surface area (Å²) in [7, 11) is 0. The summed E-state index contributed by atoms with van der Waals surface area (Å²) in [6, 6.07) is 6.46. The maximum atomic E-state index is 9.60. The second-order valence-corrected chi connectivity index (χ2v) is 5.07. The van der Waals surface area contributed by atoms with Crippen LogP contribution in [-0.2, 0) is 9.53 Å². The van der Waals surface area contributed by atoms with Crippen LogP contribution in [0.4, 0.5) is 0 Å². The lowest BCUT2D eigenvalue weighted by molar-refractivity contribution is -0.138. The fraction of sp³-hybridized carbons (Fsp3) is 0.267. The maximum Gasteiger partial charge on any atom is 0.293 e. The normalized spacial score (nSPS) is 13.2. The molecule has 0 saturated heterocycles. The lowest BCUT2D eigenvalue weighted by Crippen LogP contribution is -2.21. The molecule has 3 heteroatoms. The fourth-order valence-electron chi connectivity index (χ4n) is 1.85. The Labute approximate surface area is 113 Å². The number of rotatable bonds is 1. The van der Waals surface area contributed by atoms with Gasteiger partial charge in [-0.05, 0) is 48.4 Å². The highest BCUT2D eigenvalue weighted by molar-refractivity contribution is 5.98. The van der Waals surface area contributed by atoms with Crippen LogP contribution >= 0.6 is 12.4 Å². The quantitative estimate of drug-likeness (QED) is 0.726. The Kier molecular flexibility index (Phi) is 4.36. The minimum Gasteiger partial charge on any atom is -0.462 e. The van der Waals surface area contributed by atoms with Crippen molar-refractivity contribution in [1.29, 1.82) is 0 Å². The first-order valence-electron chi connectivity index (χ1n) is 5.66. The van der Waals surface area contributed by atoms with Crippen molar-refractivity contribution in [2.45, 2.75) is 26.4 Å². The van der Waals surface area contributed by atoms with Crippen LogP contribution in [0.5, 0.6) is 0 Å². The van der Waals surface area contributed by atoms with E-state index in [9.17, 15) is 4.79 Å². The molecule has 0 amide bonds. The summed E-state index contributed by atoms with van der Waals surface area (Å²) in [4.78, 5) is 9.60. The van der Waals surface area contributed by atoms with Crippen molar-refractivity contribution in [3.63, 3.8) is 0 Å². The molecule has 0 N–H and O–H groups in total. The summed E-state index contributed by atoms with van der Waals surface area (Å²) in [5.41, 5.74) is 2.48. The molecule has 0 atom stereocenters. The van der Waals surface area contributed by atoms with Crippen LogP contribution in [0, 0.1) is 0 Å². The number of hydrogen-bond donors (Lipinski definition) is 0. The average Bonchev–Trinajstić information content (AvgIpc) is 2.71. The fourth-order valence-corrected chi connectivity index (χ4v) is 1.85. The van der Waals surface area contributed by atoms with Crippen LogP contribution in [0.15, 0.2) is 24.3 Å². The molecule has 0 aliphatic heterocycles. The molecule has 2 nitrogen and oxygen atoms in total. The van der Waals surface area contributed by atoms with E-state index in [2.05, 4.69) is 41.2 Å². The average molecular weight is 265 g/mol. The molecule has 0 saturated carbocycles. The summed E-state index contributed by atoms with van der Waals surface area (Å²) in [5.74, 6) is 0. The van der Waals surface area contributed by atoms with E-state index < -0.39 is 0 Å². The van der Waals surface area contributed by atoms with Gasteiger partial charge in [0.05, 0.1) is 0 Å². The number of carbonyl (C=O) groups excluding carboxylic acids is 1. The molecule has 0 heterocycles. The molecule has 96 valence electrons. The minimum absolute atomic E-state index is 0. The van der Waals surface area contributed by atoms with Crippen LogP contribution < -0.4 is 10.4 Å². The van der Waals surface area contributed by atoms with Crippen molar-refractivity contribution >= 4 is 36.6 Å². The molecule has 18 heavy (non-hydrogen) atoms. The zero-order valence-corrected chi connectivity index (χ0v) is 11.6. The van der Waals surface area contributed by atoms with Crippen LogP contribution in [0.3, 0.4) is 0 Å². The van der Waals surface area contributed by atoms with Gasteiger partial charge in [0.2, 0.25) is 0 Å². The van der Waals surface area contributed by atoms with Crippen molar-refractivity contribution < 1.29 is 9.53 Å². The molecule has 1 aromatic carbocycles. The van der Waals surface area contributed by atoms with Crippen LogP contribution in [0.1, 0.15) is 26.3 Å². The lowest BCUT2D eigenvalue weighted by Gasteiger charge is -2.14. The third-order valence-electron chi connectivity index (χ3n) is 2.59. The Morgan fingerprint density at radius 1 is 1.17 bits per heavy atom. The van der Waals surface area contributed by atoms with Gasteiger partial charge >= 0.3 is 0 Å². The molecule has 0 radical (unpaired) electrons. The van der Waals surface area contributed by atoms with E-state index in [0.29, 0.717) is 6.47 Å². The van der Waals surface area contributed by atoms with Gasteiger partial charge in [-0.25, -0.2) is 0 Å². The Hall–Kier alpha value is -1.54. The van der Waals surface area contributed by atoms with Gasteiger partial charge in [-0.1, -0.05) is 30.4 Å². The van der Waals surface area contributed by atoms with E-state index in [1.165, 1.54) is 21.6 Å². The Morgan fingerprint density at radius 2 is 1.89 bits per heavy atom. The van der Waals surface area contributed by atoms with Crippen molar-refractivity contribution in [1.82, 2.24) is 0 Å². The summed E-state index contributed by atoms with van der Waals surface area (Å²) in [5, 5.41) is 2.80. The van der Waals surface area contributed by atoms with E-state index >= 15 is 0 Å². The number of carbonyl (C=O) groups is 1. The molecule has 1 aromatic rings. The number of hydrogen-bond acceptors (Lipinski definition) is 2. The minimum atomic E-state index is -0.318. The van der Waals surface area contributed by atoms with Crippen molar-refractivity contribution in [3.05, 3.63) is 40.3 Å². The van der Waals surface area contributed by atoms with E-state index in [0.717, 1.165) is 0 Å². The van der Waals surface area contributed by atoms with Crippen LogP contribution in [0.2, 0.25) is 0 Å². The molecule has 2 aliphatic rings. The molecular formula is C15H17ClO2. The van der Waals surface area contributed by atoms with Gasteiger partial charge < -0.3 is 4.74 Å². The Bertz CT molecular complexity index is 592. The molecule has 4 bridgehead atoms. The number of benzene rings is 1. The molecule has 0 aromatic heterocycles. The van der Waals surface area contributed by atoms with E-state index in [-0.39, 0.29) is 18.0 Å². The standard InChI is InChI=1S/C10H6.C5H10O2.ClH/c1-2-7-6-8-4-5-10(7)9(8)3-1;1-5(2,3)7-4-6;/h1-6H;4H,1-3H3;1H. The van der Waals surface area contributed by atoms with Gasteiger partial charge in [0, 0.05) is 0 Å². The second-order valence-electron chi connectivity index (χ2n) is 5.07. The van der Waals surface area contributed by atoms with E-state index in [1.54, 1.807) is 0 Å². The number of halogens is 1. The SMILES string of the molecule is C1=C2C=c3cccc2c3=C1.CC(C)(C)OC=O.Cl. The smallest absolute Gasteiger partial charge is 0.293 e. The third kappa shape index (κ3) is 3.02. The largest absolute Gasteiger partial charge is 0.462 e. The van der Waals surface area contributed by atoms with Gasteiger partial charge in [-0.15, -0.1) is 12.4 Å². The van der Waals surface area contributed by atoms with E-state index in [4.69, 9.17) is 0 Å². The van der Waals surface area contributed by atoms with E-state index in [1.807, 2.05) is 20.8 Å². The van der Waals surface area contributed by atoms with Gasteiger partial charge in [-0.3, -0.25) is 4.79 Å². The molecule has 0 fully saturated rings. The van der Waals surface area contributed by atoms with Crippen LogP contribution in [0.25, 0.3) is 17.7 Å². The van der Waals surface area contributed by atoms with Gasteiger partial charge in [0.15, 0.2) is 0 Å². The lowest BCUT2D eigenvalue weighted by atomic mass is 10.2. The summed E-state index contributed by atoms with van der Waals surface area (Å²) in [6.45, 7) is 5.92. The number of allylic oxidation sites excluding steroid dienone is 2. The van der Waals surface area contributed by atoms with Crippen LogP contribution in [-0.4, -0.2) is 12.1 Å². The zero-order chi connectivity index (χ0) is 12.5. The second kappa shape index (κ2) is 5.40. The van der Waals surface area contributed by atoms with Crippen molar-refractivity contribution in [3.8, 4) is 0 Å². The third-order valence-corrected chi connectivity index (χ3v) is 2.59. The van der Waals surface area contributed by atoms with Gasteiger partial charge in [0.25, 0.3) is 6.47 Å². The number of ether oxygens (including phenoxy) is 1. The summed E-state index contributed by atoms with van der Waals surface area (Å²) < 4.78 is 4.55. The Morgan fingerprint density at radius 3 is 2.33 bits per heavy atom. The highest BCUT2D eigenvalue weighted by atomic mass is 35.5. The maximum absolute atomic E-state index is 9.60. The zero-order valence-electron chi connectivity index (χ0n) is 10.8. The summed E-state index contributed by atoms with van der Waals surface area (Å²) >= 11 is 0. The molecule has 2 aliphatic carbocycles. The molecule has 3 rings (SSSR count). The first-order valence-corrected chi connectivity index (χ1v) is 5.66.